The zero-order valence-electron chi connectivity index (χ0n) is 20.5. The van der Waals surface area contributed by atoms with Crippen molar-refractivity contribution in [1.29, 1.82) is 0 Å². The van der Waals surface area contributed by atoms with Gasteiger partial charge in [0.15, 0.2) is 5.82 Å². The van der Waals surface area contributed by atoms with Crippen molar-refractivity contribution in [3.05, 3.63) is 46.2 Å². The molecule has 182 valence electrons. The van der Waals surface area contributed by atoms with Crippen LogP contribution in [-0.4, -0.2) is 40.5 Å². The number of halogens is 2. The average Bonchev–Trinajstić information content (AvgIpc) is 3.51. The van der Waals surface area contributed by atoms with Gasteiger partial charge in [0, 0.05) is 31.2 Å². The van der Waals surface area contributed by atoms with E-state index in [-0.39, 0.29) is 0 Å². The van der Waals surface area contributed by atoms with Gasteiger partial charge in [-0.1, -0.05) is 61.7 Å². The van der Waals surface area contributed by atoms with Gasteiger partial charge in [-0.05, 0) is 63.4 Å². The van der Waals surface area contributed by atoms with E-state index in [1.165, 1.54) is 51.4 Å². The second kappa shape index (κ2) is 9.70. The lowest BCUT2D eigenvalue weighted by molar-refractivity contribution is 0.226. The van der Waals surface area contributed by atoms with Gasteiger partial charge < -0.3 is 9.80 Å². The minimum Gasteiger partial charge on any atom is -0.367 e. The molecule has 1 unspecified atom stereocenters. The summed E-state index contributed by atoms with van der Waals surface area (Å²) in [5, 5.41) is 1.06. The summed E-state index contributed by atoms with van der Waals surface area (Å²) in [5.74, 6) is 0.985. The zero-order valence-corrected chi connectivity index (χ0v) is 22.1. The molecule has 0 bridgehead atoms. The number of hydrogen-bond acceptors (Lipinski definition) is 4. The number of rotatable bonds is 5. The molecule has 2 saturated heterocycles. The van der Waals surface area contributed by atoms with Crippen LogP contribution in [0.1, 0.15) is 76.1 Å². The molecule has 0 N–H and O–H groups in total. The molecular formula is C28H36Cl2N4. The fraction of sp³-hybridized carbons (Fsp3) is 0.571. The van der Waals surface area contributed by atoms with Gasteiger partial charge >= 0.3 is 0 Å². The molecule has 1 aromatic heterocycles. The van der Waals surface area contributed by atoms with Crippen LogP contribution >= 0.6 is 23.2 Å². The van der Waals surface area contributed by atoms with Crippen molar-refractivity contribution in [1.82, 2.24) is 14.9 Å². The monoisotopic (exact) mass is 498 g/mol. The smallest absolute Gasteiger partial charge is 0.157 e. The standard InChI is InChI=1S/C28H36Cl2N4/c1-4-21-9-8-16-34(21)20(3)26-27(33-17-14-28(15-18-33)12-5-6-13-28)31-19(2)25(32-26)22-10-7-11-23(29)24(22)30/h7,10-11,21H,3-6,8-9,12-18H2,1-2H3. The Balaban J connectivity index is 1.55. The van der Waals surface area contributed by atoms with E-state index in [0.717, 1.165) is 60.2 Å². The van der Waals surface area contributed by atoms with Crippen molar-refractivity contribution in [2.24, 2.45) is 5.41 Å². The lowest BCUT2D eigenvalue weighted by atomic mass is 9.77. The van der Waals surface area contributed by atoms with E-state index in [1.807, 2.05) is 25.1 Å². The Kier molecular flexibility index (Phi) is 6.83. The molecule has 3 fully saturated rings. The number of aryl methyl sites for hydroxylation is 1. The van der Waals surface area contributed by atoms with Crippen molar-refractivity contribution < 1.29 is 0 Å². The van der Waals surface area contributed by atoms with Crippen molar-refractivity contribution in [2.45, 2.75) is 77.7 Å². The molecule has 4 nitrogen and oxygen atoms in total. The molecule has 1 saturated carbocycles. The molecule has 0 amide bonds. The molecule has 6 heteroatoms. The van der Waals surface area contributed by atoms with E-state index in [9.17, 15) is 0 Å². The SMILES string of the molecule is C=C(c1nc(-c2cccc(Cl)c2Cl)c(C)nc1N1CCC2(CCCC2)CC1)N1CCCC1CC. The highest BCUT2D eigenvalue weighted by Gasteiger charge is 2.38. The summed E-state index contributed by atoms with van der Waals surface area (Å²) < 4.78 is 0. The van der Waals surface area contributed by atoms with Crippen LogP contribution < -0.4 is 4.90 Å². The molecule has 1 spiro atoms. The van der Waals surface area contributed by atoms with Gasteiger partial charge in [-0.2, -0.15) is 0 Å². The molecule has 2 aromatic rings. The number of benzene rings is 1. The lowest BCUT2D eigenvalue weighted by Gasteiger charge is -2.41. The van der Waals surface area contributed by atoms with Crippen molar-refractivity contribution in [3.8, 4) is 11.3 Å². The van der Waals surface area contributed by atoms with Crippen LogP contribution in [-0.2, 0) is 0 Å². The summed E-state index contributed by atoms with van der Waals surface area (Å²) in [6.07, 6.45) is 11.6. The van der Waals surface area contributed by atoms with Gasteiger partial charge in [0.25, 0.3) is 0 Å². The first-order chi connectivity index (χ1) is 16.4. The number of piperidine rings is 1. The minimum absolute atomic E-state index is 0.518. The van der Waals surface area contributed by atoms with Gasteiger partial charge in [0.05, 0.1) is 27.1 Å². The highest BCUT2D eigenvalue weighted by Crippen LogP contribution is 2.47. The fourth-order valence-electron chi connectivity index (χ4n) is 6.43. The van der Waals surface area contributed by atoms with Gasteiger partial charge in [-0.15, -0.1) is 0 Å². The molecule has 34 heavy (non-hydrogen) atoms. The van der Waals surface area contributed by atoms with Crippen LogP contribution in [0.4, 0.5) is 5.82 Å². The van der Waals surface area contributed by atoms with E-state index in [2.05, 4.69) is 23.3 Å². The number of nitrogens with zero attached hydrogens (tertiary/aromatic N) is 4. The third-order valence-electron chi connectivity index (χ3n) is 8.51. The summed E-state index contributed by atoms with van der Waals surface area (Å²) in [6.45, 7) is 12.0. The van der Waals surface area contributed by atoms with Gasteiger partial charge in [-0.25, -0.2) is 9.97 Å². The van der Waals surface area contributed by atoms with E-state index in [4.69, 9.17) is 33.2 Å². The Morgan fingerprint density at radius 3 is 2.50 bits per heavy atom. The molecule has 3 aliphatic rings. The van der Waals surface area contributed by atoms with Crippen LogP contribution in [0.5, 0.6) is 0 Å². The number of likely N-dealkylation sites (tertiary alicyclic amines) is 1. The minimum atomic E-state index is 0.518. The topological polar surface area (TPSA) is 32.3 Å². The summed E-state index contributed by atoms with van der Waals surface area (Å²) >= 11 is 13.0. The highest BCUT2D eigenvalue weighted by molar-refractivity contribution is 6.43. The van der Waals surface area contributed by atoms with E-state index < -0.39 is 0 Å². The Bertz CT molecular complexity index is 1070. The van der Waals surface area contributed by atoms with Crippen LogP contribution in [0.3, 0.4) is 0 Å². The van der Waals surface area contributed by atoms with Crippen LogP contribution in [0.25, 0.3) is 17.0 Å². The maximum Gasteiger partial charge on any atom is 0.157 e. The Labute approximate surface area is 214 Å². The molecular weight excluding hydrogens is 463 g/mol. The third-order valence-corrected chi connectivity index (χ3v) is 9.33. The van der Waals surface area contributed by atoms with Crippen LogP contribution in [0.2, 0.25) is 10.0 Å². The molecule has 2 aliphatic heterocycles. The van der Waals surface area contributed by atoms with Crippen LogP contribution in [0.15, 0.2) is 24.8 Å². The van der Waals surface area contributed by atoms with Crippen LogP contribution in [0, 0.1) is 12.3 Å². The second-order valence-corrected chi connectivity index (χ2v) is 11.3. The first-order valence-electron chi connectivity index (χ1n) is 13.0. The summed E-state index contributed by atoms with van der Waals surface area (Å²) in [6, 6.07) is 6.23. The maximum absolute atomic E-state index is 6.62. The Morgan fingerprint density at radius 2 is 1.79 bits per heavy atom. The summed E-state index contributed by atoms with van der Waals surface area (Å²) in [4.78, 5) is 15.3. The maximum atomic E-state index is 6.62. The lowest BCUT2D eigenvalue weighted by Crippen LogP contribution is -2.40. The first-order valence-corrected chi connectivity index (χ1v) is 13.7. The van der Waals surface area contributed by atoms with E-state index in [1.54, 1.807) is 0 Å². The highest BCUT2D eigenvalue weighted by atomic mass is 35.5. The normalized spacial score (nSPS) is 22.1. The van der Waals surface area contributed by atoms with Gasteiger partial charge in [-0.3, -0.25) is 0 Å². The first kappa shape index (κ1) is 23.9. The van der Waals surface area contributed by atoms with Gasteiger partial charge in [0.1, 0.15) is 5.69 Å². The largest absolute Gasteiger partial charge is 0.367 e. The average molecular weight is 500 g/mol. The summed E-state index contributed by atoms with van der Waals surface area (Å²) in [7, 11) is 0. The quantitative estimate of drug-likeness (QED) is 0.421. The van der Waals surface area contributed by atoms with Crippen molar-refractivity contribution >= 4 is 34.7 Å². The number of hydrogen-bond donors (Lipinski definition) is 0. The summed E-state index contributed by atoms with van der Waals surface area (Å²) in [5.41, 5.74) is 4.96. The molecule has 0 radical (unpaired) electrons. The van der Waals surface area contributed by atoms with Gasteiger partial charge in [0.2, 0.25) is 0 Å². The predicted molar refractivity (Wildman–Crippen MR) is 144 cm³/mol. The molecule has 5 rings (SSSR count). The number of anilines is 1. The molecule has 1 atom stereocenters. The van der Waals surface area contributed by atoms with E-state index in [0.29, 0.717) is 21.5 Å². The van der Waals surface area contributed by atoms with E-state index >= 15 is 0 Å². The zero-order chi connectivity index (χ0) is 23.9. The fourth-order valence-corrected chi connectivity index (χ4v) is 6.82. The Hall–Kier alpha value is -1.78. The van der Waals surface area contributed by atoms with Crippen molar-refractivity contribution in [3.63, 3.8) is 0 Å². The predicted octanol–water partition coefficient (Wildman–Crippen LogP) is 7.76. The Morgan fingerprint density at radius 1 is 1.06 bits per heavy atom. The third kappa shape index (κ3) is 4.33. The molecule has 1 aliphatic carbocycles. The van der Waals surface area contributed by atoms with Crippen molar-refractivity contribution in [2.75, 3.05) is 24.5 Å². The number of aromatic nitrogens is 2. The molecule has 1 aromatic carbocycles. The second-order valence-electron chi connectivity index (χ2n) is 10.5. The molecule has 3 heterocycles.